The number of anilines is 1. The summed E-state index contributed by atoms with van der Waals surface area (Å²) in [4.78, 5) is 30.2. The van der Waals surface area contributed by atoms with Crippen LogP contribution >= 0.6 is 0 Å². The molecule has 7 nitrogen and oxygen atoms in total. The first-order valence-corrected chi connectivity index (χ1v) is 8.94. The maximum atomic E-state index is 12.4. The largest absolute Gasteiger partial charge is 0.461 e. The van der Waals surface area contributed by atoms with Crippen LogP contribution in [0.2, 0.25) is 0 Å². The van der Waals surface area contributed by atoms with Crippen molar-refractivity contribution in [2.24, 2.45) is 5.92 Å². The normalized spacial score (nSPS) is 21.0. The van der Waals surface area contributed by atoms with Gasteiger partial charge < -0.3 is 19.4 Å². The Kier molecular flexibility index (Phi) is 4.36. The molecule has 4 rings (SSSR count). The van der Waals surface area contributed by atoms with Crippen LogP contribution in [0.1, 0.15) is 36.7 Å². The lowest BCUT2D eigenvalue weighted by molar-refractivity contribution is 0.0519. The van der Waals surface area contributed by atoms with Crippen molar-refractivity contribution in [3.8, 4) is 11.5 Å². The number of carbonyl (C=O) groups is 2. The van der Waals surface area contributed by atoms with Crippen LogP contribution in [0.25, 0.3) is 11.5 Å². The molecule has 0 unspecified atom stereocenters. The van der Waals surface area contributed by atoms with E-state index >= 15 is 0 Å². The average Bonchev–Trinajstić information content (AvgIpc) is 3.39. The lowest BCUT2D eigenvalue weighted by Gasteiger charge is -2.27. The van der Waals surface area contributed by atoms with Gasteiger partial charge in [-0.2, -0.15) is 0 Å². The Labute approximate surface area is 151 Å². The number of oxazole rings is 1. The minimum atomic E-state index is -0.508. The molecule has 1 aliphatic heterocycles. The molecule has 136 valence electrons. The molecule has 2 atom stereocenters. The number of esters is 1. The maximum Gasteiger partial charge on any atom is 0.360 e. The van der Waals surface area contributed by atoms with E-state index in [2.05, 4.69) is 10.3 Å². The minimum Gasteiger partial charge on any atom is -0.461 e. The molecule has 1 saturated carbocycles. The standard InChI is InChI=1S/C19H21N3O4/c1-2-25-18(23)16-11-26-17(21-16)13-4-6-14(7-5-13)20-19(24)22-10-12-3-8-15(22)9-12/h4-7,11-12,15H,2-3,8-10H2,1H3,(H,20,24)/t12-,15-/m1/s1. The zero-order valence-electron chi connectivity index (χ0n) is 14.6. The van der Waals surface area contributed by atoms with Crippen LogP contribution in [0.15, 0.2) is 34.9 Å². The van der Waals surface area contributed by atoms with Crippen molar-refractivity contribution >= 4 is 17.7 Å². The third kappa shape index (κ3) is 3.16. The fraction of sp³-hybridized carbons (Fsp3) is 0.421. The molecule has 2 bridgehead atoms. The number of ether oxygens (including phenoxy) is 1. The number of carbonyl (C=O) groups excluding carboxylic acids is 2. The van der Waals surface area contributed by atoms with E-state index in [1.807, 2.05) is 4.90 Å². The van der Waals surface area contributed by atoms with Gasteiger partial charge in [0.1, 0.15) is 6.26 Å². The molecule has 1 saturated heterocycles. The Balaban J connectivity index is 1.40. The third-order valence-electron chi connectivity index (χ3n) is 5.04. The second-order valence-corrected chi connectivity index (χ2v) is 6.75. The van der Waals surface area contributed by atoms with E-state index in [9.17, 15) is 9.59 Å². The van der Waals surface area contributed by atoms with Gasteiger partial charge in [-0.15, -0.1) is 0 Å². The molecule has 26 heavy (non-hydrogen) atoms. The molecule has 2 amide bonds. The van der Waals surface area contributed by atoms with Crippen LogP contribution in [0.4, 0.5) is 10.5 Å². The average molecular weight is 355 g/mol. The lowest BCUT2D eigenvalue weighted by atomic mass is 10.1. The first-order chi connectivity index (χ1) is 12.6. The fourth-order valence-electron chi connectivity index (χ4n) is 3.77. The van der Waals surface area contributed by atoms with Crippen molar-refractivity contribution in [2.45, 2.75) is 32.2 Å². The Morgan fingerprint density at radius 2 is 2.12 bits per heavy atom. The van der Waals surface area contributed by atoms with Crippen molar-refractivity contribution in [1.82, 2.24) is 9.88 Å². The van der Waals surface area contributed by atoms with Gasteiger partial charge in [0.2, 0.25) is 5.89 Å². The van der Waals surface area contributed by atoms with Gasteiger partial charge in [0.25, 0.3) is 0 Å². The quantitative estimate of drug-likeness (QED) is 0.848. The minimum absolute atomic E-state index is 0.0364. The van der Waals surface area contributed by atoms with E-state index in [0.717, 1.165) is 30.6 Å². The summed E-state index contributed by atoms with van der Waals surface area (Å²) in [6.07, 6.45) is 4.78. The number of amides is 2. The SMILES string of the molecule is CCOC(=O)c1coc(-c2ccc(NC(=O)N3C[C@@H]4CC[C@@H]3C4)cc2)n1. The fourth-order valence-corrected chi connectivity index (χ4v) is 3.77. The topological polar surface area (TPSA) is 84.7 Å². The number of hydrogen-bond donors (Lipinski definition) is 1. The van der Waals surface area contributed by atoms with Crippen LogP contribution < -0.4 is 5.32 Å². The molecule has 2 fully saturated rings. The van der Waals surface area contributed by atoms with Crippen molar-refractivity contribution in [1.29, 1.82) is 0 Å². The highest BCUT2D eigenvalue weighted by Gasteiger charge is 2.40. The van der Waals surface area contributed by atoms with Crippen LogP contribution in [0.5, 0.6) is 0 Å². The molecular formula is C19H21N3O4. The summed E-state index contributed by atoms with van der Waals surface area (Å²) in [5.74, 6) is 0.501. The van der Waals surface area contributed by atoms with E-state index in [4.69, 9.17) is 9.15 Å². The second kappa shape index (κ2) is 6.82. The predicted octanol–water partition coefficient (Wildman–Crippen LogP) is 3.53. The highest BCUT2D eigenvalue weighted by atomic mass is 16.5. The molecule has 0 spiro atoms. The van der Waals surface area contributed by atoms with Crippen LogP contribution in [0, 0.1) is 5.92 Å². The van der Waals surface area contributed by atoms with Gasteiger partial charge in [0, 0.05) is 23.8 Å². The Hall–Kier alpha value is -2.83. The smallest absolute Gasteiger partial charge is 0.360 e. The molecule has 2 aliphatic rings. The van der Waals surface area contributed by atoms with Crippen LogP contribution in [-0.2, 0) is 4.74 Å². The summed E-state index contributed by atoms with van der Waals surface area (Å²) in [6.45, 7) is 2.88. The van der Waals surface area contributed by atoms with Gasteiger partial charge in [-0.1, -0.05) is 0 Å². The number of rotatable bonds is 4. The first-order valence-electron chi connectivity index (χ1n) is 8.94. The second-order valence-electron chi connectivity index (χ2n) is 6.75. The van der Waals surface area contributed by atoms with Crippen molar-refractivity contribution in [2.75, 3.05) is 18.5 Å². The molecule has 1 aromatic carbocycles. The van der Waals surface area contributed by atoms with E-state index in [1.165, 1.54) is 12.7 Å². The number of nitrogens with zero attached hydrogens (tertiary/aromatic N) is 2. The predicted molar refractivity (Wildman–Crippen MR) is 94.7 cm³/mol. The molecule has 1 aromatic heterocycles. The molecule has 1 aliphatic carbocycles. The maximum absolute atomic E-state index is 12.4. The van der Waals surface area contributed by atoms with E-state index in [1.54, 1.807) is 31.2 Å². The highest BCUT2D eigenvalue weighted by molar-refractivity contribution is 5.90. The Morgan fingerprint density at radius 1 is 1.31 bits per heavy atom. The zero-order valence-corrected chi connectivity index (χ0v) is 14.6. The summed E-state index contributed by atoms with van der Waals surface area (Å²) in [5.41, 5.74) is 1.58. The third-order valence-corrected chi connectivity index (χ3v) is 5.04. The molecular weight excluding hydrogens is 334 g/mol. The number of urea groups is 1. The number of nitrogens with one attached hydrogen (secondary N) is 1. The summed E-state index contributed by atoms with van der Waals surface area (Å²) < 4.78 is 10.2. The van der Waals surface area contributed by atoms with Gasteiger partial charge in [0.15, 0.2) is 5.69 Å². The molecule has 0 radical (unpaired) electrons. The van der Waals surface area contributed by atoms with Gasteiger partial charge in [0.05, 0.1) is 6.61 Å². The Morgan fingerprint density at radius 3 is 2.77 bits per heavy atom. The van der Waals surface area contributed by atoms with Gasteiger partial charge >= 0.3 is 12.0 Å². The van der Waals surface area contributed by atoms with Gasteiger partial charge in [-0.05, 0) is 56.4 Å². The van der Waals surface area contributed by atoms with Gasteiger partial charge in [-0.3, -0.25) is 0 Å². The van der Waals surface area contributed by atoms with Crippen LogP contribution in [-0.4, -0.2) is 41.1 Å². The van der Waals surface area contributed by atoms with Crippen molar-refractivity contribution in [3.05, 3.63) is 36.2 Å². The van der Waals surface area contributed by atoms with E-state index in [-0.39, 0.29) is 18.3 Å². The summed E-state index contributed by atoms with van der Waals surface area (Å²) in [7, 11) is 0. The lowest BCUT2D eigenvalue weighted by Crippen LogP contribution is -2.40. The summed E-state index contributed by atoms with van der Waals surface area (Å²) in [5, 5.41) is 2.95. The molecule has 2 heterocycles. The monoisotopic (exact) mass is 355 g/mol. The number of hydrogen-bond acceptors (Lipinski definition) is 5. The highest BCUT2D eigenvalue weighted by Crippen LogP contribution is 2.37. The molecule has 1 N–H and O–H groups in total. The molecule has 7 heteroatoms. The van der Waals surface area contributed by atoms with Gasteiger partial charge in [-0.25, -0.2) is 14.6 Å². The number of fused-ring (bicyclic) bond motifs is 2. The van der Waals surface area contributed by atoms with Crippen molar-refractivity contribution < 1.29 is 18.7 Å². The zero-order chi connectivity index (χ0) is 18.1. The van der Waals surface area contributed by atoms with E-state index < -0.39 is 5.97 Å². The Bertz CT molecular complexity index is 814. The summed E-state index contributed by atoms with van der Waals surface area (Å²) >= 11 is 0. The first kappa shape index (κ1) is 16.6. The number of piperidine rings is 1. The van der Waals surface area contributed by atoms with Crippen LogP contribution in [0.3, 0.4) is 0 Å². The number of benzene rings is 1. The van der Waals surface area contributed by atoms with E-state index in [0.29, 0.717) is 17.9 Å². The number of aromatic nitrogens is 1. The van der Waals surface area contributed by atoms with Crippen molar-refractivity contribution in [3.63, 3.8) is 0 Å². The number of likely N-dealkylation sites (tertiary alicyclic amines) is 1. The molecule has 2 aromatic rings. The summed E-state index contributed by atoms with van der Waals surface area (Å²) in [6, 6.07) is 7.56.